The highest BCUT2D eigenvalue weighted by molar-refractivity contribution is 7.92. The zero-order valence-electron chi connectivity index (χ0n) is 17.8. The first-order valence-corrected chi connectivity index (χ1v) is 11.7. The van der Waals surface area contributed by atoms with E-state index in [1.165, 1.54) is 39.5 Å². The molecule has 0 aliphatic carbocycles. The molecule has 2 N–H and O–H groups in total. The monoisotopic (exact) mass is 498 g/mol. The molecule has 1 saturated heterocycles. The van der Waals surface area contributed by atoms with Crippen molar-refractivity contribution in [1.82, 2.24) is 19.1 Å². The van der Waals surface area contributed by atoms with Gasteiger partial charge in [-0.1, -0.05) is 6.08 Å². The van der Waals surface area contributed by atoms with Crippen LogP contribution in [0.15, 0.2) is 48.0 Å². The van der Waals surface area contributed by atoms with E-state index in [1.54, 1.807) is 6.92 Å². The van der Waals surface area contributed by atoms with Gasteiger partial charge in [0, 0.05) is 36.0 Å². The Labute approximate surface area is 192 Å². The fourth-order valence-corrected chi connectivity index (χ4v) is 5.09. The summed E-state index contributed by atoms with van der Waals surface area (Å²) in [6, 6.07) is 6.55. The van der Waals surface area contributed by atoms with E-state index in [-0.39, 0.29) is 19.0 Å². The molecule has 1 aliphatic heterocycles. The molecular formula is C21H21F3N4O5S. The van der Waals surface area contributed by atoms with Crippen LogP contribution in [0.1, 0.15) is 30.2 Å². The molecule has 1 aliphatic rings. The molecule has 0 bridgehead atoms. The number of nitrogens with zero attached hydrogens (tertiary/aromatic N) is 4. The van der Waals surface area contributed by atoms with Gasteiger partial charge in [0.2, 0.25) is 10.0 Å². The van der Waals surface area contributed by atoms with Crippen LogP contribution in [0.5, 0.6) is 5.75 Å². The minimum atomic E-state index is -4.83. The van der Waals surface area contributed by atoms with E-state index in [0.717, 1.165) is 17.5 Å². The van der Waals surface area contributed by atoms with E-state index in [9.17, 15) is 31.8 Å². The summed E-state index contributed by atoms with van der Waals surface area (Å²) < 4.78 is 68.6. The third kappa shape index (κ3) is 4.64. The first-order valence-electron chi connectivity index (χ1n) is 10.2. The number of fused-ring (bicyclic) bond motifs is 1. The van der Waals surface area contributed by atoms with Crippen molar-refractivity contribution in [2.24, 2.45) is 0 Å². The van der Waals surface area contributed by atoms with Crippen molar-refractivity contribution in [3.63, 3.8) is 0 Å². The molecule has 3 aromatic rings. The second-order valence-electron chi connectivity index (χ2n) is 7.66. The topological polar surface area (TPSA) is 118 Å². The number of aliphatic hydroxyl groups is 2. The zero-order valence-corrected chi connectivity index (χ0v) is 18.7. The highest BCUT2D eigenvalue weighted by atomic mass is 32.2. The van der Waals surface area contributed by atoms with E-state index in [1.807, 2.05) is 0 Å². The van der Waals surface area contributed by atoms with Crippen LogP contribution in [0, 0.1) is 0 Å². The number of sulfonamides is 1. The molecule has 0 spiro atoms. The first-order chi connectivity index (χ1) is 16.0. The number of halogens is 3. The summed E-state index contributed by atoms with van der Waals surface area (Å²) in [6.45, 7) is 1.35. The number of rotatable bonds is 7. The molecule has 1 atom stereocenters. The number of alkyl halides is 3. The Kier molecular flexibility index (Phi) is 6.38. The Bertz CT molecular complexity index is 1320. The largest absolute Gasteiger partial charge is 0.573 e. The van der Waals surface area contributed by atoms with E-state index >= 15 is 0 Å². The predicted molar refractivity (Wildman–Crippen MR) is 116 cm³/mol. The van der Waals surface area contributed by atoms with Gasteiger partial charge in [-0.2, -0.15) is 9.40 Å². The van der Waals surface area contributed by atoms with E-state index < -0.39 is 34.8 Å². The number of hydrogen-bond donors (Lipinski definition) is 2. The average Bonchev–Trinajstić information content (AvgIpc) is 3.10. The molecule has 1 aromatic carbocycles. The fraction of sp³-hybridized carbons (Fsp3) is 0.333. The number of allylic oxidation sites excluding steroid dienone is 1. The average molecular weight is 498 g/mol. The second-order valence-corrected chi connectivity index (χ2v) is 9.48. The van der Waals surface area contributed by atoms with Gasteiger partial charge >= 0.3 is 6.36 Å². The van der Waals surface area contributed by atoms with Crippen LogP contribution in [-0.2, 0) is 10.0 Å². The molecule has 3 heterocycles. The molecule has 182 valence electrons. The van der Waals surface area contributed by atoms with Crippen LogP contribution in [0.3, 0.4) is 0 Å². The van der Waals surface area contributed by atoms with E-state index in [0.29, 0.717) is 28.0 Å². The van der Waals surface area contributed by atoms with Crippen molar-refractivity contribution in [3.8, 4) is 11.4 Å². The first kappa shape index (κ1) is 24.1. The highest BCUT2D eigenvalue weighted by Gasteiger charge is 2.39. The maximum absolute atomic E-state index is 12.5. The van der Waals surface area contributed by atoms with Crippen LogP contribution >= 0.6 is 0 Å². The number of ether oxygens (including phenoxy) is 1. The van der Waals surface area contributed by atoms with Gasteiger partial charge in [0.05, 0.1) is 18.0 Å². The summed E-state index contributed by atoms with van der Waals surface area (Å²) in [5.41, 5.74) is 1.51. The fourth-order valence-electron chi connectivity index (χ4n) is 3.80. The molecule has 34 heavy (non-hydrogen) atoms. The molecule has 4 rings (SSSR count). The zero-order chi connectivity index (χ0) is 24.7. The quantitative estimate of drug-likeness (QED) is 0.514. The van der Waals surface area contributed by atoms with Crippen molar-refractivity contribution in [3.05, 3.63) is 59.3 Å². The lowest BCUT2D eigenvalue weighted by atomic mass is 9.94. The Morgan fingerprint density at radius 3 is 2.50 bits per heavy atom. The minimum Gasteiger partial charge on any atom is -0.406 e. The summed E-state index contributed by atoms with van der Waals surface area (Å²) in [7, 11) is -3.56. The summed E-state index contributed by atoms with van der Waals surface area (Å²) in [5, 5.41) is 26.0. The Morgan fingerprint density at radius 2 is 1.91 bits per heavy atom. The highest BCUT2D eigenvalue weighted by Crippen LogP contribution is 2.37. The van der Waals surface area contributed by atoms with Crippen molar-refractivity contribution < 1.29 is 36.5 Å². The molecule has 13 heteroatoms. The Hall–Kier alpha value is -3.00. The van der Waals surface area contributed by atoms with Crippen LogP contribution in [-0.4, -0.2) is 63.8 Å². The summed E-state index contributed by atoms with van der Waals surface area (Å²) in [5.74, 6) is -0.716. The molecule has 0 radical (unpaired) electrons. The van der Waals surface area contributed by atoms with Crippen molar-refractivity contribution in [1.29, 1.82) is 0 Å². The van der Waals surface area contributed by atoms with Crippen molar-refractivity contribution in [2.75, 3.05) is 19.7 Å². The van der Waals surface area contributed by atoms with Gasteiger partial charge in [-0.15, -0.1) is 13.2 Å². The molecule has 0 saturated carbocycles. The lowest BCUT2D eigenvalue weighted by Crippen LogP contribution is -2.47. The molecule has 2 aromatic heterocycles. The van der Waals surface area contributed by atoms with Gasteiger partial charge < -0.3 is 14.9 Å². The summed E-state index contributed by atoms with van der Waals surface area (Å²) >= 11 is 0. The SMILES string of the molecule is C/C=C/S(=O)(=O)N1CC(c2nn(-c3ccc(OC(F)(F)F)cc3)c3nccc(C(O)CO)c23)C1. The summed E-state index contributed by atoms with van der Waals surface area (Å²) in [6.07, 6.45) is -3.21. The number of hydrogen-bond acceptors (Lipinski definition) is 7. The normalized spacial score (nSPS) is 16.8. The molecule has 9 nitrogen and oxygen atoms in total. The molecule has 1 unspecified atom stereocenters. The summed E-state index contributed by atoms with van der Waals surface area (Å²) in [4.78, 5) is 4.33. The number of pyridine rings is 1. The lowest BCUT2D eigenvalue weighted by Gasteiger charge is -2.36. The number of aromatic nitrogens is 3. The van der Waals surface area contributed by atoms with Gasteiger partial charge in [0.1, 0.15) is 11.9 Å². The van der Waals surface area contributed by atoms with Gasteiger partial charge in [-0.25, -0.2) is 18.1 Å². The van der Waals surface area contributed by atoms with Crippen molar-refractivity contribution in [2.45, 2.75) is 25.3 Å². The van der Waals surface area contributed by atoms with Gasteiger partial charge in [-0.3, -0.25) is 0 Å². The van der Waals surface area contributed by atoms with Crippen LogP contribution < -0.4 is 4.74 Å². The number of aliphatic hydroxyl groups excluding tert-OH is 2. The molecule has 0 amide bonds. The molecular weight excluding hydrogens is 477 g/mol. The second kappa shape index (κ2) is 8.98. The Morgan fingerprint density at radius 1 is 1.24 bits per heavy atom. The van der Waals surface area contributed by atoms with E-state index in [4.69, 9.17) is 0 Å². The number of benzene rings is 1. The lowest BCUT2D eigenvalue weighted by molar-refractivity contribution is -0.274. The maximum atomic E-state index is 12.5. The Balaban J connectivity index is 1.76. The molecule has 1 fully saturated rings. The van der Waals surface area contributed by atoms with Gasteiger partial charge in [0.15, 0.2) is 5.65 Å². The minimum absolute atomic E-state index is 0.153. The van der Waals surface area contributed by atoms with E-state index in [2.05, 4.69) is 14.8 Å². The third-order valence-corrected chi connectivity index (χ3v) is 7.01. The third-order valence-electron chi connectivity index (χ3n) is 5.38. The maximum Gasteiger partial charge on any atom is 0.573 e. The van der Waals surface area contributed by atoms with Gasteiger partial charge in [0.25, 0.3) is 0 Å². The van der Waals surface area contributed by atoms with Crippen LogP contribution in [0.2, 0.25) is 0 Å². The van der Waals surface area contributed by atoms with Crippen LogP contribution in [0.4, 0.5) is 13.2 Å². The van der Waals surface area contributed by atoms with Gasteiger partial charge in [-0.05, 0) is 42.8 Å². The predicted octanol–water partition coefficient (Wildman–Crippen LogP) is 2.61. The van der Waals surface area contributed by atoms with Crippen molar-refractivity contribution >= 4 is 21.1 Å². The standard InChI is InChI=1S/C21H21F3N4O5S/c1-2-9-34(31,32)27-10-13(11-27)19-18-16(17(30)12-29)7-8-25-20(18)28(26-19)14-3-5-15(6-4-14)33-21(22,23)24/h2-9,13,17,29-30H,10-12H2,1H3/b9-2+. The smallest absolute Gasteiger partial charge is 0.406 e. The van der Waals surface area contributed by atoms with Crippen LogP contribution in [0.25, 0.3) is 16.7 Å².